The van der Waals surface area contributed by atoms with Crippen molar-refractivity contribution < 1.29 is 0 Å². The Bertz CT molecular complexity index is 911. The van der Waals surface area contributed by atoms with Crippen molar-refractivity contribution in [3.63, 3.8) is 0 Å². The van der Waals surface area contributed by atoms with E-state index in [9.17, 15) is 0 Å². The molecule has 118 valence electrons. The second kappa shape index (κ2) is 5.76. The lowest BCUT2D eigenvalue weighted by atomic mass is 9.94. The van der Waals surface area contributed by atoms with Crippen LogP contribution in [-0.4, -0.2) is 11.5 Å². The summed E-state index contributed by atoms with van der Waals surface area (Å²) in [6, 6.07) is 11.1. The second-order valence-electron chi connectivity index (χ2n) is 6.32. The summed E-state index contributed by atoms with van der Waals surface area (Å²) in [6.07, 6.45) is 1.07. The van der Waals surface area contributed by atoms with Gasteiger partial charge in [-0.1, -0.05) is 43.5 Å². The van der Waals surface area contributed by atoms with E-state index in [1.54, 1.807) is 0 Å². The zero-order valence-corrected chi connectivity index (χ0v) is 16.3. The van der Waals surface area contributed by atoms with Gasteiger partial charge in [0.05, 0.1) is 6.04 Å². The van der Waals surface area contributed by atoms with E-state index in [4.69, 9.17) is 0 Å². The van der Waals surface area contributed by atoms with Gasteiger partial charge in [0.15, 0.2) is 0 Å². The van der Waals surface area contributed by atoms with Crippen LogP contribution in [0.3, 0.4) is 0 Å². The average molecular weight is 434 g/mol. The van der Waals surface area contributed by atoms with E-state index in [0.29, 0.717) is 0 Å². The summed E-state index contributed by atoms with van der Waals surface area (Å²) >= 11 is 7.31. The van der Waals surface area contributed by atoms with Gasteiger partial charge in [-0.3, -0.25) is 0 Å². The van der Waals surface area contributed by atoms with Crippen molar-refractivity contribution in [3.05, 3.63) is 67.2 Å². The van der Waals surface area contributed by atoms with Crippen LogP contribution in [0, 0.1) is 13.8 Å². The van der Waals surface area contributed by atoms with Gasteiger partial charge in [-0.15, -0.1) is 0 Å². The molecule has 2 heterocycles. The van der Waals surface area contributed by atoms with Gasteiger partial charge < -0.3 is 10.3 Å². The largest absolute Gasteiger partial charge is 0.356 e. The Morgan fingerprint density at radius 3 is 2.74 bits per heavy atom. The van der Waals surface area contributed by atoms with Crippen molar-refractivity contribution in [3.8, 4) is 0 Å². The molecule has 23 heavy (non-hydrogen) atoms. The molecule has 0 bridgehead atoms. The molecule has 0 saturated heterocycles. The molecule has 2 N–H and O–H groups in total. The molecule has 3 aromatic rings. The molecule has 2 nitrogen and oxygen atoms in total. The Kier molecular flexibility index (Phi) is 3.87. The fourth-order valence-electron chi connectivity index (χ4n) is 3.69. The third kappa shape index (κ3) is 2.57. The third-order valence-electron chi connectivity index (χ3n) is 4.67. The molecular formula is C19H18Br2N2. The van der Waals surface area contributed by atoms with Crippen LogP contribution < -0.4 is 5.32 Å². The van der Waals surface area contributed by atoms with Crippen molar-refractivity contribution in [2.24, 2.45) is 0 Å². The lowest BCUT2D eigenvalue weighted by molar-refractivity contribution is 0.558. The predicted molar refractivity (Wildman–Crippen MR) is 103 cm³/mol. The predicted octanol–water partition coefficient (Wildman–Crippen LogP) is 5.54. The molecule has 0 amide bonds. The van der Waals surface area contributed by atoms with Crippen LogP contribution in [0.1, 0.15) is 34.0 Å². The number of nitrogens with one attached hydrogen (secondary N) is 2. The molecule has 0 fully saturated rings. The Morgan fingerprint density at radius 1 is 1.09 bits per heavy atom. The van der Waals surface area contributed by atoms with Crippen LogP contribution in [0.5, 0.6) is 0 Å². The molecule has 1 aliphatic heterocycles. The van der Waals surface area contributed by atoms with Crippen LogP contribution >= 0.6 is 31.9 Å². The van der Waals surface area contributed by atoms with Gasteiger partial charge in [0.2, 0.25) is 0 Å². The molecule has 1 aromatic heterocycles. The van der Waals surface area contributed by atoms with Crippen LogP contribution in [0.2, 0.25) is 0 Å². The fraction of sp³-hybridized carbons (Fsp3) is 0.263. The summed E-state index contributed by atoms with van der Waals surface area (Å²) in [5, 5.41) is 5.06. The maximum Gasteiger partial charge on any atom is 0.0743 e. The van der Waals surface area contributed by atoms with Crippen molar-refractivity contribution >= 4 is 42.8 Å². The number of H-pyrrole nitrogens is 1. The van der Waals surface area contributed by atoms with E-state index >= 15 is 0 Å². The number of halogens is 2. The minimum atomic E-state index is 0.192. The highest BCUT2D eigenvalue weighted by molar-refractivity contribution is 9.11. The van der Waals surface area contributed by atoms with Crippen LogP contribution in [0.4, 0.5) is 0 Å². The zero-order chi connectivity index (χ0) is 16.1. The van der Waals surface area contributed by atoms with Crippen molar-refractivity contribution in [2.75, 3.05) is 6.54 Å². The second-order valence-corrected chi connectivity index (χ2v) is 8.09. The maximum absolute atomic E-state index is 3.71. The number of fused-ring (bicyclic) bond motifs is 3. The van der Waals surface area contributed by atoms with Crippen molar-refractivity contribution in [2.45, 2.75) is 26.3 Å². The van der Waals surface area contributed by atoms with Crippen LogP contribution in [-0.2, 0) is 6.42 Å². The highest BCUT2D eigenvalue weighted by atomic mass is 79.9. The molecule has 1 unspecified atom stereocenters. The van der Waals surface area contributed by atoms with E-state index in [1.807, 2.05) is 0 Å². The highest BCUT2D eigenvalue weighted by Crippen LogP contribution is 2.38. The Morgan fingerprint density at radius 2 is 1.91 bits per heavy atom. The average Bonchev–Trinajstić information content (AvgIpc) is 2.89. The third-order valence-corrected chi connectivity index (χ3v) is 5.89. The molecule has 0 radical (unpaired) electrons. The first-order valence-corrected chi connectivity index (χ1v) is 9.43. The van der Waals surface area contributed by atoms with Gasteiger partial charge in [0, 0.05) is 32.1 Å². The number of hydrogen-bond acceptors (Lipinski definition) is 1. The van der Waals surface area contributed by atoms with Crippen molar-refractivity contribution in [1.82, 2.24) is 10.3 Å². The summed E-state index contributed by atoms with van der Waals surface area (Å²) in [5.74, 6) is 0. The topological polar surface area (TPSA) is 27.8 Å². The molecule has 4 rings (SSSR count). The first-order valence-electron chi connectivity index (χ1n) is 7.84. The van der Waals surface area contributed by atoms with Gasteiger partial charge in [-0.2, -0.15) is 0 Å². The van der Waals surface area contributed by atoms with E-state index in [1.165, 1.54) is 38.9 Å². The molecule has 1 aliphatic rings. The Hall–Kier alpha value is -1.10. The van der Waals surface area contributed by atoms with E-state index < -0.39 is 0 Å². The molecule has 0 aliphatic carbocycles. The van der Waals surface area contributed by atoms with E-state index in [-0.39, 0.29) is 6.04 Å². The molecule has 1 atom stereocenters. The summed E-state index contributed by atoms with van der Waals surface area (Å²) < 4.78 is 2.24. The number of aryl methyl sites for hydroxylation is 2. The zero-order valence-electron chi connectivity index (χ0n) is 13.1. The Balaban J connectivity index is 1.95. The molecule has 4 heteroatoms. The Labute approximate surface area is 152 Å². The van der Waals surface area contributed by atoms with Crippen LogP contribution in [0.15, 0.2) is 39.3 Å². The number of rotatable bonds is 1. The smallest absolute Gasteiger partial charge is 0.0743 e. The maximum atomic E-state index is 3.71. The van der Waals surface area contributed by atoms with Gasteiger partial charge in [0.1, 0.15) is 0 Å². The fourth-order valence-corrected chi connectivity index (χ4v) is 4.54. The normalized spacial score (nSPS) is 17.5. The molecule has 2 aromatic carbocycles. The minimum absolute atomic E-state index is 0.192. The molecule has 0 saturated carbocycles. The SMILES string of the molecule is Cc1cc(C)c2[nH]c3c(c2c1)CCNC3c1cc(Br)ccc1Br. The van der Waals surface area contributed by atoms with Gasteiger partial charge in [0.25, 0.3) is 0 Å². The first-order chi connectivity index (χ1) is 11.0. The minimum Gasteiger partial charge on any atom is -0.356 e. The van der Waals surface area contributed by atoms with Gasteiger partial charge >= 0.3 is 0 Å². The lowest BCUT2D eigenvalue weighted by Gasteiger charge is -2.26. The number of hydrogen-bond donors (Lipinski definition) is 2. The summed E-state index contributed by atoms with van der Waals surface area (Å²) in [4.78, 5) is 3.71. The summed E-state index contributed by atoms with van der Waals surface area (Å²) in [6.45, 7) is 5.36. The standard InChI is InChI=1S/C19H18Br2N2/c1-10-7-11(2)17-14(8-10)13-5-6-22-18(19(13)23-17)15-9-12(20)3-4-16(15)21/h3-4,7-9,18,22-23H,5-6H2,1-2H3. The highest BCUT2D eigenvalue weighted by Gasteiger charge is 2.27. The lowest BCUT2D eigenvalue weighted by Crippen LogP contribution is -2.30. The molecule has 0 spiro atoms. The number of benzene rings is 2. The van der Waals surface area contributed by atoms with Gasteiger partial charge in [-0.05, 0) is 61.2 Å². The number of aromatic nitrogens is 1. The monoisotopic (exact) mass is 432 g/mol. The van der Waals surface area contributed by atoms with Crippen molar-refractivity contribution in [1.29, 1.82) is 0 Å². The number of aromatic amines is 1. The molecular weight excluding hydrogens is 416 g/mol. The summed E-state index contributed by atoms with van der Waals surface area (Å²) in [7, 11) is 0. The quantitative estimate of drug-likeness (QED) is 0.517. The van der Waals surface area contributed by atoms with Crippen LogP contribution in [0.25, 0.3) is 10.9 Å². The van der Waals surface area contributed by atoms with Gasteiger partial charge in [-0.25, -0.2) is 0 Å². The summed E-state index contributed by atoms with van der Waals surface area (Å²) in [5.41, 5.74) is 7.96. The van der Waals surface area contributed by atoms with E-state index in [2.05, 4.69) is 86.3 Å². The van der Waals surface area contributed by atoms with E-state index in [0.717, 1.165) is 21.9 Å². The first kappa shape index (κ1) is 15.4.